The van der Waals surface area contributed by atoms with E-state index in [1.54, 1.807) is 20.3 Å². The molecule has 0 aromatic heterocycles. The molecule has 0 heterocycles. The molecular weight excluding hydrogens is 356 g/mol. The van der Waals surface area contributed by atoms with E-state index in [1.807, 2.05) is 43.3 Å². The number of aryl methyl sites for hydroxylation is 1. The summed E-state index contributed by atoms with van der Waals surface area (Å²) in [6.07, 6.45) is 1.81. The van der Waals surface area contributed by atoms with Crippen molar-refractivity contribution in [2.75, 3.05) is 26.1 Å². The van der Waals surface area contributed by atoms with Crippen molar-refractivity contribution in [3.8, 4) is 11.5 Å². The first kappa shape index (κ1) is 19.7. The molecular formula is C22H26N2O4. The first-order valence-electron chi connectivity index (χ1n) is 9.36. The van der Waals surface area contributed by atoms with Crippen molar-refractivity contribution in [3.05, 3.63) is 53.6 Å². The molecule has 1 saturated carbocycles. The SMILES string of the molecule is COc1ccc(CCNC(=O)C2(C(=O)Nc3cc(C)ccc3OC)CC2)cc1. The van der Waals surface area contributed by atoms with Crippen LogP contribution in [0.5, 0.6) is 11.5 Å². The van der Waals surface area contributed by atoms with Crippen LogP contribution in [-0.4, -0.2) is 32.6 Å². The van der Waals surface area contributed by atoms with Crippen LogP contribution >= 0.6 is 0 Å². The minimum atomic E-state index is -0.978. The highest BCUT2D eigenvalue weighted by molar-refractivity contribution is 6.13. The maximum absolute atomic E-state index is 12.8. The van der Waals surface area contributed by atoms with E-state index in [-0.39, 0.29) is 11.8 Å². The molecule has 148 valence electrons. The molecule has 2 amide bonds. The number of rotatable bonds is 8. The monoisotopic (exact) mass is 382 g/mol. The maximum atomic E-state index is 12.8. The Morgan fingerprint density at radius 3 is 2.32 bits per heavy atom. The van der Waals surface area contributed by atoms with Crippen molar-refractivity contribution in [2.24, 2.45) is 5.41 Å². The van der Waals surface area contributed by atoms with E-state index in [1.165, 1.54) is 0 Å². The van der Waals surface area contributed by atoms with Crippen LogP contribution in [0.25, 0.3) is 0 Å². The van der Waals surface area contributed by atoms with Crippen LogP contribution in [0.15, 0.2) is 42.5 Å². The molecule has 0 spiro atoms. The summed E-state index contributed by atoms with van der Waals surface area (Å²) in [7, 11) is 3.18. The summed E-state index contributed by atoms with van der Waals surface area (Å²) in [6.45, 7) is 2.42. The Morgan fingerprint density at radius 2 is 1.71 bits per heavy atom. The van der Waals surface area contributed by atoms with Gasteiger partial charge in [-0.15, -0.1) is 0 Å². The predicted octanol–water partition coefficient (Wildman–Crippen LogP) is 3.09. The molecule has 2 N–H and O–H groups in total. The number of hydrogen-bond donors (Lipinski definition) is 2. The van der Waals surface area contributed by atoms with E-state index in [9.17, 15) is 9.59 Å². The fraction of sp³-hybridized carbons (Fsp3) is 0.364. The quantitative estimate of drug-likeness (QED) is 0.688. The van der Waals surface area contributed by atoms with E-state index < -0.39 is 5.41 Å². The molecule has 0 aliphatic heterocycles. The molecule has 28 heavy (non-hydrogen) atoms. The minimum Gasteiger partial charge on any atom is -0.497 e. The van der Waals surface area contributed by atoms with Gasteiger partial charge in [0.1, 0.15) is 16.9 Å². The van der Waals surface area contributed by atoms with Gasteiger partial charge in [0, 0.05) is 6.54 Å². The van der Waals surface area contributed by atoms with Gasteiger partial charge < -0.3 is 20.1 Å². The molecule has 6 nitrogen and oxygen atoms in total. The lowest BCUT2D eigenvalue weighted by Gasteiger charge is -2.17. The van der Waals surface area contributed by atoms with Gasteiger partial charge in [0.25, 0.3) is 0 Å². The summed E-state index contributed by atoms with van der Waals surface area (Å²) in [5, 5.41) is 5.77. The van der Waals surface area contributed by atoms with Crippen LogP contribution in [-0.2, 0) is 16.0 Å². The third-order valence-electron chi connectivity index (χ3n) is 5.08. The number of ether oxygens (including phenoxy) is 2. The zero-order chi connectivity index (χ0) is 20.1. The lowest BCUT2D eigenvalue weighted by Crippen LogP contribution is -2.40. The van der Waals surface area contributed by atoms with E-state index in [2.05, 4.69) is 10.6 Å². The fourth-order valence-corrected chi connectivity index (χ4v) is 3.13. The molecule has 0 bridgehead atoms. The average molecular weight is 382 g/mol. The second kappa shape index (κ2) is 8.33. The van der Waals surface area contributed by atoms with E-state index in [0.29, 0.717) is 37.2 Å². The Hall–Kier alpha value is -3.02. The van der Waals surface area contributed by atoms with Gasteiger partial charge in [-0.25, -0.2) is 0 Å². The van der Waals surface area contributed by atoms with Crippen molar-refractivity contribution in [1.82, 2.24) is 5.32 Å². The Kier molecular flexibility index (Phi) is 5.87. The summed E-state index contributed by atoms with van der Waals surface area (Å²) < 4.78 is 10.4. The predicted molar refractivity (Wildman–Crippen MR) is 108 cm³/mol. The van der Waals surface area contributed by atoms with E-state index in [4.69, 9.17) is 9.47 Å². The molecule has 1 fully saturated rings. The molecule has 3 rings (SSSR count). The zero-order valence-corrected chi connectivity index (χ0v) is 16.5. The molecule has 0 radical (unpaired) electrons. The van der Waals surface area contributed by atoms with Gasteiger partial charge >= 0.3 is 0 Å². The summed E-state index contributed by atoms with van der Waals surface area (Å²) in [4.78, 5) is 25.4. The topological polar surface area (TPSA) is 76.7 Å². The van der Waals surface area contributed by atoms with Gasteiger partial charge in [0.2, 0.25) is 11.8 Å². The van der Waals surface area contributed by atoms with Crippen LogP contribution in [0, 0.1) is 12.3 Å². The fourth-order valence-electron chi connectivity index (χ4n) is 3.13. The van der Waals surface area contributed by atoms with Crippen molar-refractivity contribution < 1.29 is 19.1 Å². The van der Waals surface area contributed by atoms with Crippen molar-refractivity contribution >= 4 is 17.5 Å². The molecule has 2 aromatic rings. The number of nitrogens with one attached hydrogen (secondary N) is 2. The van der Waals surface area contributed by atoms with Crippen LogP contribution in [0.1, 0.15) is 24.0 Å². The summed E-state index contributed by atoms with van der Waals surface area (Å²) in [5.74, 6) is 0.881. The van der Waals surface area contributed by atoms with Gasteiger partial charge in [-0.05, 0) is 61.6 Å². The Labute approximate surface area is 165 Å². The first-order chi connectivity index (χ1) is 13.5. The highest BCUT2D eigenvalue weighted by atomic mass is 16.5. The van der Waals surface area contributed by atoms with Crippen LogP contribution in [0.3, 0.4) is 0 Å². The standard InChI is InChI=1S/C22H26N2O4/c1-15-4-9-19(28-3)18(14-15)24-21(26)22(11-12-22)20(25)23-13-10-16-5-7-17(27-2)8-6-16/h4-9,14H,10-13H2,1-3H3,(H,23,25)(H,24,26). The molecule has 0 atom stereocenters. The molecule has 6 heteroatoms. The minimum absolute atomic E-state index is 0.217. The number of hydrogen-bond acceptors (Lipinski definition) is 4. The van der Waals surface area contributed by atoms with Crippen LogP contribution in [0.2, 0.25) is 0 Å². The first-order valence-corrected chi connectivity index (χ1v) is 9.36. The second-order valence-corrected chi connectivity index (χ2v) is 7.09. The van der Waals surface area contributed by atoms with Gasteiger partial charge in [0.05, 0.1) is 19.9 Å². The van der Waals surface area contributed by atoms with Gasteiger partial charge in [-0.2, -0.15) is 0 Å². The normalized spacial score (nSPS) is 14.1. The lowest BCUT2D eigenvalue weighted by molar-refractivity contribution is -0.134. The highest BCUT2D eigenvalue weighted by Gasteiger charge is 2.56. The number of anilines is 1. The number of methoxy groups -OCH3 is 2. The van der Waals surface area contributed by atoms with Crippen molar-refractivity contribution in [1.29, 1.82) is 0 Å². The molecule has 0 saturated heterocycles. The van der Waals surface area contributed by atoms with Crippen molar-refractivity contribution in [2.45, 2.75) is 26.2 Å². The van der Waals surface area contributed by atoms with Gasteiger partial charge in [0.15, 0.2) is 0 Å². The summed E-state index contributed by atoms with van der Waals surface area (Å²) >= 11 is 0. The number of carbonyl (C=O) groups is 2. The Bertz CT molecular complexity index is 857. The number of amides is 2. The average Bonchev–Trinajstić information content (AvgIpc) is 3.51. The molecule has 0 unspecified atom stereocenters. The van der Waals surface area contributed by atoms with Crippen LogP contribution < -0.4 is 20.1 Å². The third-order valence-corrected chi connectivity index (χ3v) is 5.08. The van der Waals surface area contributed by atoms with E-state index in [0.717, 1.165) is 16.9 Å². The third kappa shape index (κ3) is 4.27. The highest BCUT2D eigenvalue weighted by Crippen LogP contribution is 2.47. The summed E-state index contributed by atoms with van der Waals surface area (Å²) in [5.41, 5.74) is 1.71. The van der Waals surface area contributed by atoms with Gasteiger partial charge in [-0.1, -0.05) is 18.2 Å². The smallest absolute Gasteiger partial charge is 0.240 e. The number of carbonyl (C=O) groups excluding carboxylic acids is 2. The zero-order valence-electron chi connectivity index (χ0n) is 16.5. The Morgan fingerprint density at radius 1 is 1.00 bits per heavy atom. The Balaban J connectivity index is 1.57. The van der Waals surface area contributed by atoms with Crippen LogP contribution in [0.4, 0.5) is 5.69 Å². The maximum Gasteiger partial charge on any atom is 0.240 e. The molecule has 1 aliphatic rings. The summed E-state index contributed by atoms with van der Waals surface area (Å²) in [6, 6.07) is 13.3. The molecule has 1 aliphatic carbocycles. The van der Waals surface area contributed by atoms with Crippen molar-refractivity contribution in [3.63, 3.8) is 0 Å². The lowest BCUT2D eigenvalue weighted by atomic mass is 10.0. The number of benzene rings is 2. The largest absolute Gasteiger partial charge is 0.497 e. The van der Waals surface area contributed by atoms with E-state index >= 15 is 0 Å². The molecule has 2 aromatic carbocycles. The van der Waals surface area contributed by atoms with Gasteiger partial charge in [-0.3, -0.25) is 9.59 Å². The second-order valence-electron chi connectivity index (χ2n) is 7.09.